The zero-order chi connectivity index (χ0) is 13.4. The molecule has 0 aromatic heterocycles. The van der Waals surface area contributed by atoms with Gasteiger partial charge in [-0.15, -0.1) is 0 Å². The van der Waals surface area contributed by atoms with Crippen LogP contribution >= 0.6 is 11.8 Å². The molecular formula is C16H17NS. The van der Waals surface area contributed by atoms with Crippen LogP contribution in [0.25, 0.3) is 0 Å². The first kappa shape index (κ1) is 14.1. The van der Waals surface area contributed by atoms with Crippen molar-refractivity contribution in [3.8, 4) is 0 Å². The molecule has 0 bridgehead atoms. The molecule has 0 radical (unpaired) electrons. The van der Waals surface area contributed by atoms with E-state index in [4.69, 9.17) is 0 Å². The van der Waals surface area contributed by atoms with Gasteiger partial charge in [-0.3, -0.25) is 0 Å². The molecule has 0 fully saturated rings. The van der Waals surface area contributed by atoms with E-state index in [1.807, 2.05) is 36.5 Å². The summed E-state index contributed by atoms with van der Waals surface area (Å²) in [5.41, 5.74) is 2.01. The highest BCUT2D eigenvalue weighted by Gasteiger charge is 2.14. The van der Waals surface area contributed by atoms with Gasteiger partial charge in [0.15, 0.2) is 0 Å². The van der Waals surface area contributed by atoms with Crippen molar-refractivity contribution in [2.24, 2.45) is 0 Å². The lowest BCUT2D eigenvalue weighted by molar-refractivity contribution is 1.03. The van der Waals surface area contributed by atoms with Crippen LogP contribution in [0.5, 0.6) is 0 Å². The molecule has 18 heavy (non-hydrogen) atoms. The second-order valence-corrected chi connectivity index (χ2v) is 4.46. The van der Waals surface area contributed by atoms with Crippen molar-refractivity contribution in [3.63, 3.8) is 0 Å². The van der Waals surface area contributed by atoms with Gasteiger partial charge in [0, 0.05) is 9.81 Å². The average molecular weight is 255 g/mol. The lowest BCUT2D eigenvalue weighted by atomic mass is 10.2. The number of nitrogens with one attached hydrogen (secondary N) is 1. The minimum absolute atomic E-state index is 1.00. The molecule has 1 heterocycles. The van der Waals surface area contributed by atoms with Crippen molar-refractivity contribution >= 4 is 11.8 Å². The molecule has 0 aromatic carbocycles. The summed E-state index contributed by atoms with van der Waals surface area (Å²) >= 11 is 1.64. The third-order valence-electron chi connectivity index (χ3n) is 2.19. The predicted molar refractivity (Wildman–Crippen MR) is 83.8 cm³/mol. The monoisotopic (exact) mass is 255 g/mol. The molecule has 2 heteroatoms. The Bertz CT molecular complexity index is 443. The highest BCUT2D eigenvalue weighted by Crippen LogP contribution is 2.35. The smallest absolute Gasteiger partial charge is 0.0526 e. The summed E-state index contributed by atoms with van der Waals surface area (Å²) in [4.78, 5) is 2.14. The first-order valence-electron chi connectivity index (χ1n) is 5.53. The molecular weight excluding hydrogens is 238 g/mol. The molecule has 1 N–H and O–H groups in total. The minimum Gasteiger partial charge on any atom is -0.354 e. The summed E-state index contributed by atoms with van der Waals surface area (Å²) in [7, 11) is 0. The van der Waals surface area contributed by atoms with E-state index in [0.717, 1.165) is 21.2 Å². The van der Waals surface area contributed by atoms with Gasteiger partial charge in [-0.1, -0.05) is 74.5 Å². The van der Waals surface area contributed by atoms with Crippen LogP contribution in [-0.4, -0.2) is 0 Å². The van der Waals surface area contributed by atoms with Crippen molar-refractivity contribution in [1.82, 2.24) is 5.32 Å². The maximum absolute atomic E-state index is 3.83. The molecule has 92 valence electrons. The Labute approximate surface area is 113 Å². The van der Waals surface area contributed by atoms with Crippen molar-refractivity contribution in [2.45, 2.75) is 0 Å². The first-order valence-corrected chi connectivity index (χ1v) is 6.35. The SMILES string of the molecule is C=C/C=C\C1=C(C=C)SC(C=C)=C(/C=C\C=C)N1. The van der Waals surface area contributed by atoms with Crippen LogP contribution in [0, 0.1) is 0 Å². The summed E-state index contributed by atoms with van der Waals surface area (Å²) in [5.74, 6) is 0. The maximum atomic E-state index is 3.83. The highest BCUT2D eigenvalue weighted by molar-refractivity contribution is 8.07. The first-order chi connectivity index (χ1) is 8.76. The fourth-order valence-electron chi connectivity index (χ4n) is 1.38. The molecule has 0 aliphatic carbocycles. The Morgan fingerprint density at radius 3 is 1.56 bits per heavy atom. The number of thioether (sulfide) groups is 1. The van der Waals surface area contributed by atoms with Gasteiger partial charge >= 0.3 is 0 Å². The molecule has 0 unspecified atom stereocenters. The van der Waals surface area contributed by atoms with Crippen LogP contribution in [0.4, 0.5) is 0 Å². The zero-order valence-corrected chi connectivity index (χ0v) is 11.2. The van der Waals surface area contributed by atoms with E-state index in [2.05, 4.69) is 31.6 Å². The molecule has 0 saturated heterocycles. The van der Waals surface area contributed by atoms with E-state index in [1.165, 1.54) is 0 Å². The lowest BCUT2D eigenvalue weighted by Gasteiger charge is -2.21. The highest BCUT2D eigenvalue weighted by atomic mass is 32.2. The number of allylic oxidation sites excluding steroid dienone is 8. The standard InChI is InChI=1S/C16H17NS/c1-5-9-11-13-15(7-3)18-16(8-4)14(17-13)12-10-6-2/h5-12,17H,1-4H2/b11-9-,12-10-. The minimum atomic E-state index is 1.00. The average Bonchev–Trinajstić information content (AvgIpc) is 2.42. The van der Waals surface area contributed by atoms with Gasteiger partial charge in [0.25, 0.3) is 0 Å². The van der Waals surface area contributed by atoms with Crippen molar-refractivity contribution in [2.75, 3.05) is 0 Å². The Kier molecular flexibility index (Phi) is 5.81. The number of hydrogen-bond acceptors (Lipinski definition) is 2. The van der Waals surface area contributed by atoms with E-state index in [-0.39, 0.29) is 0 Å². The topological polar surface area (TPSA) is 12.0 Å². The summed E-state index contributed by atoms with van der Waals surface area (Å²) in [5, 5.41) is 3.35. The Morgan fingerprint density at radius 1 is 0.778 bits per heavy atom. The van der Waals surface area contributed by atoms with Gasteiger partial charge in [0.05, 0.1) is 11.4 Å². The van der Waals surface area contributed by atoms with E-state index >= 15 is 0 Å². The normalized spacial score (nSPS) is 16.0. The third-order valence-corrected chi connectivity index (χ3v) is 3.40. The van der Waals surface area contributed by atoms with E-state index in [9.17, 15) is 0 Å². The number of rotatable bonds is 6. The summed E-state index contributed by atoms with van der Waals surface area (Å²) in [6, 6.07) is 0. The molecule has 0 atom stereocenters. The number of hydrogen-bond donors (Lipinski definition) is 1. The zero-order valence-electron chi connectivity index (χ0n) is 10.4. The second-order valence-electron chi connectivity index (χ2n) is 3.38. The van der Waals surface area contributed by atoms with E-state index < -0.39 is 0 Å². The Balaban J connectivity index is 3.10. The van der Waals surface area contributed by atoms with Crippen LogP contribution in [0.3, 0.4) is 0 Å². The van der Waals surface area contributed by atoms with Gasteiger partial charge in [-0.05, 0) is 12.2 Å². The van der Waals surface area contributed by atoms with Crippen molar-refractivity contribution in [3.05, 3.63) is 96.1 Å². The quantitative estimate of drug-likeness (QED) is 0.696. The van der Waals surface area contributed by atoms with Crippen LogP contribution in [0.2, 0.25) is 0 Å². The van der Waals surface area contributed by atoms with Gasteiger partial charge in [0.2, 0.25) is 0 Å². The molecule has 0 saturated carbocycles. The molecule has 0 amide bonds. The molecule has 1 nitrogen and oxygen atoms in total. The maximum Gasteiger partial charge on any atom is 0.0526 e. The van der Waals surface area contributed by atoms with Gasteiger partial charge < -0.3 is 5.32 Å². The Morgan fingerprint density at radius 2 is 1.22 bits per heavy atom. The van der Waals surface area contributed by atoms with Crippen LogP contribution in [0.1, 0.15) is 0 Å². The predicted octanol–water partition coefficient (Wildman–Crippen LogP) is 4.60. The molecule has 1 rings (SSSR count). The van der Waals surface area contributed by atoms with E-state index in [1.54, 1.807) is 23.9 Å². The summed E-state index contributed by atoms with van der Waals surface area (Å²) in [6.45, 7) is 15.0. The molecule has 0 aromatic rings. The van der Waals surface area contributed by atoms with E-state index in [0.29, 0.717) is 0 Å². The molecule has 0 spiro atoms. The summed E-state index contributed by atoms with van der Waals surface area (Å²) in [6.07, 6.45) is 14.9. The van der Waals surface area contributed by atoms with Gasteiger partial charge in [0.1, 0.15) is 0 Å². The second kappa shape index (κ2) is 7.41. The van der Waals surface area contributed by atoms with Gasteiger partial charge in [-0.25, -0.2) is 0 Å². The fraction of sp³-hybridized carbons (Fsp3) is 0. The molecule has 1 aliphatic rings. The van der Waals surface area contributed by atoms with Crippen molar-refractivity contribution < 1.29 is 0 Å². The van der Waals surface area contributed by atoms with Crippen LogP contribution < -0.4 is 5.32 Å². The summed E-state index contributed by atoms with van der Waals surface area (Å²) < 4.78 is 0. The van der Waals surface area contributed by atoms with Crippen LogP contribution in [-0.2, 0) is 0 Å². The third kappa shape index (κ3) is 3.54. The fourth-order valence-corrected chi connectivity index (χ4v) is 2.24. The van der Waals surface area contributed by atoms with Gasteiger partial charge in [-0.2, -0.15) is 0 Å². The Hall–Kier alpha value is -1.93. The molecule has 1 aliphatic heterocycles. The van der Waals surface area contributed by atoms with Crippen LogP contribution in [0.15, 0.2) is 96.1 Å². The largest absolute Gasteiger partial charge is 0.354 e. The lowest BCUT2D eigenvalue weighted by Crippen LogP contribution is -2.16. The van der Waals surface area contributed by atoms with Crippen molar-refractivity contribution in [1.29, 1.82) is 0 Å².